The normalized spacial score (nSPS) is 30.1. The molecule has 2 saturated carbocycles. The summed E-state index contributed by atoms with van der Waals surface area (Å²) >= 11 is 0. The highest BCUT2D eigenvalue weighted by atomic mass is 16.5. The van der Waals surface area contributed by atoms with Gasteiger partial charge in [0.05, 0.1) is 30.6 Å². The van der Waals surface area contributed by atoms with Gasteiger partial charge in [0.2, 0.25) is 11.8 Å². The second-order valence-electron chi connectivity index (χ2n) is 8.76. The summed E-state index contributed by atoms with van der Waals surface area (Å²) in [6, 6.07) is 0.0849. The molecule has 0 aromatic carbocycles. The van der Waals surface area contributed by atoms with Crippen molar-refractivity contribution in [3.8, 4) is 0 Å². The zero-order chi connectivity index (χ0) is 19.7. The number of nitrogens with zero attached hydrogens (tertiary/aromatic N) is 3. The van der Waals surface area contributed by atoms with Crippen LogP contribution in [0.5, 0.6) is 0 Å². The monoisotopic (exact) mass is 389 g/mol. The number of carbonyl (C=O) groups is 2. The molecule has 0 radical (unpaired) electrons. The molecule has 3 fully saturated rings. The van der Waals surface area contributed by atoms with Crippen LogP contribution in [0.3, 0.4) is 0 Å². The Labute approximate surface area is 166 Å². The van der Waals surface area contributed by atoms with Crippen molar-refractivity contribution in [2.24, 2.45) is 24.8 Å². The SMILES string of the molecule is CC(=O)N[C@@H]1C[C@@H]2CN(CC(=O)Nc3cnn(C)c3)C[C@@H]2C[C@H]1OCC1CC1. The quantitative estimate of drug-likeness (QED) is 0.726. The van der Waals surface area contributed by atoms with E-state index in [1.54, 1.807) is 24.0 Å². The minimum Gasteiger partial charge on any atom is -0.376 e. The first kappa shape index (κ1) is 19.4. The van der Waals surface area contributed by atoms with Crippen molar-refractivity contribution in [3.05, 3.63) is 12.4 Å². The van der Waals surface area contributed by atoms with Gasteiger partial charge < -0.3 is 15.4 Å². The predicted octanol–water partition coefficient (Wildman–Crippen LogP) is 1.00. The molecule has 28 heavy (non-hydrogen) atoms. The van der Waals surface area contributed by atoms with Crippen LogP contribution in [0.2, 0.25) is 0 Å². The third-order valence-electron chi connectivity index (χ3n) is 6.18. The molecule has 154 valence electrons. The van der Waals surface area contributed by atoms with E-state index in [9.17, 15) is 9.59 Å². The molecule has 4 atom stereocenters. The van der Waals surface area contributed by atoms with Crippen molar-refractivity contribution in [2.75, 3.05) is 31.6 Å². The van der Waals surface area contributed by atoms with Gasteiger partial charge in [0.25, 0.3) is 0 Å². The molecule has 1 saturated heterocycles. The molecule has 0 bridgehead atoms. The summed E-state index contributed by atoms with van der Waals surface area (Å²) < 4.78 is 7.88. The second kappa shape index (κ2) is 8.21. The number of aryl methyl sites for hydroxylation is 1. The molecule has 0 spiro atoms. The minimum absolute atomic E-state index is 0.00779. The minimum atomic E-state index is -0.00779. The summed E-state index contributed by atoms with van der Waals surface area (Å²) in [5, 5.41) is 10.1. The number of fused-ring (bicyclic) bond motifs is 1. The van der Waals surface area contributed by atoms with Crippen molar-refractivity contribution in [2.45, 2.75) is 44.8 Å². The maximum atomic E-state index is 12.4. The van der Waals surface area contributed by atoms with Crippen LogP contribution in [-0.4, -0.2) is 64.9 Å². The van der Waals surface area contributed by atoms with Crippen LogP contribution in [0, 0.1) is 17.8 Å². The summed E-state index contributed by atoms with van der Waals surface area (Å²) in [6.45, 7) is 4.60. The lowest BCUT2D eigenvalue weighted by atomic mass is 9.77. The van der Waals surface area contributed by atoms with Gasteiger partial charge in [-0.1, -0.05) is 0 Å². The lowest BCUT2D eigenvalue weighted by Gasteiger charge is -2.38. The Kier molecular flexibility index (Phi) is 5.68. The van der Waals surface area contributed by atoms with Crippen LogP contribution < -0.4 is 10.6 Å². The Morgan fingerprint density at radius 1 is 1.25 bits per heavy atom. The number of amides is 2. The number of rotatable bonds is 7. The van der Waals surface area contributed by atoms with Crippen molar-refractivity contribution in [3.63, 3.8) is 0 Å². The molecule has 0 unspecified atom stereocenters. The number of hydrogen-bond acceptors (Lipinski definition) is 5. The first-order valence-electron chi connectivity index (χ1n) is 10.4. The Balaban J connectivity index is 1.31. The molecular formula is C20H31N5O3. The van der Waals surface area contributed by atoms with Gasteiger partial charge in [-0.15, -0.1) is 0 Å². The third kappa shape index (κ3) is 4.91. The van der Waals surface area contributed by atoms with E-state index < -0.39 is 0 Å². The third-order valence-corrected chi connectivity index (χ3v) is 6.18. The highest BCUT2D eigenvalue weighted by Crippen LogP contribution is 2.38. The smallest absolute Gasteiger partial charge is 0.238 e. The maximum absolute atomic E-state index is 12.4. The van der Waals surface area contributed by atoms with Gasteiger partial charge in [-0.05, 0) is 43.4 Å². The lowest BCUT2D eigenvalue weighted by molar-refractivity contribution is -0.122. The first-order valence-corrected chi connectivity index (χ1v) is 10.4. The van der Waals surface area contributed by atoms with Crippen LogP contribution in [-0.2, 0) is 21.4 Å². The summed E-state index contributed by atoms with van der Waals surface area (Å²) in [5.74, 6) is 1.75. The van der Waals surface area contributed by atoms with E-state index in [1.165, 1.54) is 12.8 Å². The van der Waals surface area contributed by atoms with Gasteiger partial charge >= 0.3 is 0 Å². The zero-order valence-electron chi connectivity index (χ0n) is 16.8. The van der Waals surface area contributed by atoms with E-state index in [4.69, 9.17) is 4.74 Å². The Hall–Kier alpha value is -1.93. The molecule has 1 aromatic heterocycles. The van der Waals surface area contributed by atoms with E-state index in [0.717, 1.165) is 38.2 Å². The van der Waals surface area contributed by atoms with Crippen LogP contribution in [0.25, 0.3) is 0 Å². The van der Waals surface area contributed by atoms with Crippen molar-refractivity contribution in [1.29, 1.82) is 0 Å². The summed E-state index contributed by atoms with van der Waals surface area (Å²) in [5.41, 5.74) is 0.725. The number of hydrogen-bond donors (Lipinski definition) is 2. The van der Waals surface area contributed by atoms with Crippen LogP contribution in [0.1, 0.15) is 32.6 Å². The molecule has 1 aliphatic heterocycles. The van der Waals surface area contributed by atoms with Crippen LogP contribution in [0.4, 0.5) is 5.69 Å². The fourth-order valence-corrected chi connectivity index (χ4v) is 4.67. The van der Waals surface area contributed by atoms with Crippen LogP contribution >= 0.6 is 0 Å². The molecular weight excluding hydrogens is 358 g/mol. The topological polar surface area (TPSA) is 88.5 Å². The largest absolute Gasteiger partial charge is 0.376 e. The molecule has 4 rings (SSSR count). The molecule has 8 nitrogen and oxygen atoms in total. The van der Waals surface area contributed by atoms with Crippen molar-refractivity contribution >= 4 is 17.5 Å². The number of aromatic nitrogens is 2. The van der Waals surface area contributed by atoms with Gasteiger partial charge in [0.15, 0.2) is 0 Å². The van der Waals surface area contributed by atoms with E-state index in [1.807, 2.05) is 7.05 Å². The van der Waals surface area contributed by atoms with Gasteiger partial charge in [0.1, 0.15) is 0 Å². The van der Waals surface area contributed by atoms with Gasteiger partial charge in [-0.25, -0.2) is 0 Å². The summed E-state index contributed by atoms with van der Waals surface area (Å²) in [6.07, 6.45) is 7.97. The Morgan fingerprint density at radius 2 is 2.00 bits per heavy atom. The standard InChI is InChI=1S/C20H31N5O3/c1-13(26)22-18-5-15-8-25(11-20(27)23-17-7-21-24(2)10-17)9-16(15)6-19(18)28-12-14-3-4-14/h7,10,14-16,18-19H,3-6,8-9,11-12H2,1-2H3,(H,22,26)(H,23,27)/t15-,16+,18-,19-/m1/s1. The number of anilines is 1. The van der Waals surface area contributed by atoms with E-state index >= 15 is 0 Å². The fourth-order valence-electron chi connectivity index (χ4n) is 4.67. The molecule has 2 N–H and O–H groups in total. The zero-order valence-corrected chi connectivity index (χ0v) is 16.8. The maximum Gasteiger partial charge on any atom is 0.238 e. The molecule has 2 amide bonds. The lowest BCUT2D eigenvalue weighted by Crippen LogP contribution is -2.50. The molecule has 2 heterocycles. The second-order valence-corrected chi connectivity index (χ2v) is 8.76. The van der Waals surface area contributed by atoms with Crippen molar-refractivity contribution < 1.29 is 14.3 Å². The van der Waals surface area contributed by atoms with E-state index in [0.29, 0.717) is 24.3 Å². The average molecular weight is 390 g/mol. The van der Waals surface area contributed by atoms with Gasteiger partial charge in [-0.2, -0.15) is 5.10 Å². The number of nitrogens with one attached hydrogen (secondary N) is 2. The van der Waals surface area contributed by atoms with Gasteiger partial charge in [0, 0.05) is 39.9 Å². The molecule has 2 aliphatic carbocycles. The number of carbonyl (C=O) groups excluding carboxylic acids is 2. The first-order chi connectivity index (χ1) is 13.5. The van der Waals surface area contributed by atoms with Crippen LogP contribution in [0.15, 0.2) is 12.4 Å². The number of ether oxygens (including phenoxy) is 1. The molecule has 1 aromatic rings. The van der Waals surface area contributed by atoms with E-state index in [-0.39, 0.29) is 24.0 Å². The van der Waals surface area contributed by atoms with Gasteiger partial charge in [-0.3, -0.25) is 19.2 Å². The Morgan fingerprint density at radius 3 is 2.64 bits per heavy atom. The van der Waals surface area contributed by atoms with Crippen molar-refractivity contribution in [1.82, 2.24) is 20.0 Å². The summed E-state index contributed by atoms with van der Waals surface area (Å²) in [4.78, 5) is 26.3. The number of likely N-dealkylation sites (tertiary alicyclic amines) is 1. The molecule has 8 heteroatoms. The fraction of sp³-hybridized carbons (Fsp3) is 0.750. The highest BCUT2D eigenvalue weighted by molar-refractivity contribution is 5.92. The predicted molar refractivity (Wildman–Crippen MR) is 105 cm³/mol. The highest BCUT2D eigenvalue weighted by Gasteiger charge is 2.43. The van der Waals surface area contributed by atoms with E-state index in [2.05, 4.69) is 20.6 Å². The Bertz CT molecular complexity index is 716. The summed E-state index contributed by atoms with van der Waals surface area (Å²) in [7, 11) is 1.83. The molecule has 3 aliphatic rings. The average Bonchev–Trinajstić information content (AvgIpc) is 3.24.